The molecule has 4 nitrogen and oxygen atoms in total. The molecule has 0 unspecified atom stereocenters. The summed E-state index contributed by atoms with van der Waals surface area (Å²) in [5.74, 6) is -1.08. The van der Waals surface area contributed by atoms with E-state index in [1.165, 1.54) is 17.2 Å². The largest absolute Gasteiger partial charge is 0.348 e. The zero-order valence-electron chi connectivity index (χ0n) is 13.6. The molecule has 0 aliphatic carbocycles. The Hall–Kier alpha value is -2.88. The van der Waals surface area contributed by atoms with Crippen LogP contribution in [0.3, 0.4) is 0 Å². The van der Waals surface area contributed by atoms with Crippen LogP contribution >= 0.6 is 0 Å². The van der Waals surface area contributed by atoms with Gasteiger partial charge in [-0.2, -0.15) is 0 Å². The van der Waals surface area contributed by atoms with E-state index in [1.807, 2.05) is 36.4 Å². The van der Waals surface area contributed by atoms with E-state index in [-0.39, 0.29) is 12.5 Å². The second-order valence-electron chi connectivity index (χ2n) is 5.42. The summed E-state index contributed by atoms with van der Waals surface area (Å²) in [5.41, 5.74) is 2.38. The highest BCUT2D eigenvalue weighted by atomic mass is 16.2. The van der Waals surface area contributed by atoms with Gasteiger partial charge in [-0.15, -0.1) is 6.58 Å². The number of amides is 2. The molecule has 0 saturated heterocycles. The Labute approximate surface area is 142 Å². The first-order valence-corrected chi connectivity index (χ1v) is 7.99. The summed E-state index contributed by atoms with van der Waals surface area (Å²) >= 11 is 0. The standard InChI is InChI=1S/C20H22N2O2/c1-2-14-21-19(23)20(24)22-15-13-18(16-9-5-3-6-10-16)17-11-7-4-8-12-17/h2-12,18H,1,13-15H2,(H,21,23)(H,22,24). The van der Waals surface area contributed by atoms with Crippen LogP contribution in [0.25, 0.3) is 0 Å². The Bertz CT molecular complexity index is 629. The number of hydrogen-bond donors (Lipinski definition) is 2. The predicted molar refractivity (Wildman–Crippen MR) is 95.6 cm³/mol. The summed E-state index contributed by atoms with van der Waals surface area (Å²) in [6.07, 6.45) is 2.25. The first-order chi connectivity index (χ1) is 11.7. The lowest BCUT2D eigenvalue weighted by atomic mass is 9.88. The van der Waals surface area contributed by atoms with E-state index >= 15 is 0 Å². The Morgan fingerprint density at radius 1 is 0.875 bits per heavy atom. The molecule has 2 amide bonds. The quantitative estimate of drug-likeness (QED) is 0.608. The van der Waals surface area contributed by atoms with Crippen molar-refractivity contribution in [2.45, 2.75) is 12.3 Å². The fourth-order valence-corrected chi connectivity index (χ4v) is 2.55. The van der Waals surface area contributed by atoms with E-state index in [9.17, 15) is 9.59 Å². The lowest BCUT2D eigenvalue weighted by molar-refractivity contribution is -0.139. The zero-order chi connectivity index (χ0) is 17.2. The molecular weight excluding hydrogens is 300 g/mol. The molecule has 0 aliphatic rings. The van der Waals surface area contributed by atoms with Crippen LogP contribution in [0.15, 0.2) is 73.3 Å². The van der Waals surface area contributed by atoms with E-state index in [4.69, 9.17) is 0 Å². The summed E-state index contributed by atoms with van der Waals surface area (Å²) in [7, 11) is 0. The molecule has 2 aromatic carbocycles. The number of carbonyl (C=O) groups is 2. The number of benzene rings is 2. The monoisotopic (exact) mass is 322 g/mol. The van der Waals surface area contributed by atoms with Gasteiger partial charge in [-0.1, -0.05) is 66.7 Å². The first kappa shape index (κ1) is 17.5. The lowest BCUT2D eigenvalue weighted by Gasteiger charge is -2.18. The minimum absolute atomic E-state index is 0.170. The van der Waals surface area contributed by atoms with Crippen molar-refractivity contribution in [3.8, 4) is 0 Å². The molecule has 0 heterocycles. The topological polar surface area (TPSA) is 58.2 Å². The van der Waals surface area contributed by atoms with E-state index in [0.29, 0.717) is 13.0 Å². The van der Waals surface area contributed by atoms with Crippen LogP contribution in [0.5, 0.6) is 0 Å². The molecule has 0 aromatic heterocycles. The zero-order valence-corrected chi connectivity index (χ0v) is 13.6. The minimum atomic E-state index is -0.633. The maximum atomic E-state index is 11.7. The van der Waals surface area contributed by atoms with Gasteiger partial charge in [0, 0.05) is 19.0 Å². The van der Waals surface area contributed by atoms with Crippen molar-refractivity contribution in [2.24, 2.45) is 0 Å². The van der Waals surface area contributed by atoms with Crippen LogP contribution in [0, 0.1) is 0 Å². The molecule has 0 fully saturated rings. The average molecular weight is 322 g/mol. The van der Waals surface area contributed by atoms with Gasteiger partial charge >= 0.3 is 11.8 Å². The van der Waals surface area contributed by atoms with Crippen molar-refractivity contribution < 1.29 is 9.59 Å². The van der Waals surface area contributed by atoms with Crippen LogP contribution in [0.2, 0.25) is 0 Å². The van der Waals surface area contributed by atoms with Gasteiger partial charge in [0.2, 0.25) is 0 Å². The van der Waals surface area contributed by atoms with Gasteiger partial charge in [0.25, 0.3) is 0 Å². The predicted octanol–water partition coefficient (Wildman–Crippen LogP) is 2.63. The van der Waals surface area contributed by atoms with Crippen LogP contribution in [-0.4, -0.2) is 24.9 Å². The van der Waals surface area contributed by atoms with E-state index in [2.05, 4.69) is 41.5 Å². The smallest absolute Gasteiger partial charge is 0.309 e. The summed E-state index contributed by atoms with van der Waals surface area (Å²) in [4.78, 5) is 23.3. The number of rotatable bonds is 7. The van der Waals surface area contributed by atoms with E-state index < -0.39 is 11.8 Å². The van der Waals surface area contributed by atoms with Gasteiger partial charge in [0.15, 0.2) is 0 Å². The fraction of sp³-hybridized carbons (Fsp3) is 0.200. The molecule has 0 radical (unpaired) electrons. The summed E-state index contributed by atoms with van der Waals surface area (Å²) in [5, 5.41) is 5.14. The molecule has 2 rings (SSSR count). The average Bonchev–Trinajstić information content (AvgIpc) is 2.64. The number of hydrogen-bond acceptors (Lipinski definition) is 2. The van der Waals surface area contributed by atoms with Crippen LogP contribution in [-0.2, 0) is 9.59 Å². The highest BCUT2D eigenvalue weighted by Gasteiger charge is 2.16. The molecule has 0 bridgehead atoms. The Balaban J connectivity index is 1.99. The molecule has 124 valence electrons. The molecule has 4 heteroatoms. The molecular formula is C20H22N2O2. The lowest BCUT2D eigenvalue weighted by Crippen LogP contribution is -2.40. The van der Waals surface area contributed by atoms with Crippen LogP contribution in [0.4, 0.5) is 0 Å². The van der Waals surface area contributed by atoms with Crippen molar-refractivity contribution in [1.82, 2.24) is 10.6 Å². The minimum Gasteiger partial charge on any atom is -0.348 e. The highest BCUT2D eigenvalue weighted by Crippen LogP contribution is 2.27. The fourth-order valence-electron chi connectivity index (χ4n) is 2.55. The van der Waals surface area contributed by atoms with Crippen molar-refractivity contribution in [1.29, 1.82) is 0 Å². The third kappa shape index (κ3) is 5.09. The Morgan fingerprint density at radius 2 is 1.38 bits per heavy atom. The number of nitrogens with one attached hydrogen (secondary N) is 2. The molecule has 0 atom stereocenters. The maximum Gasteiger partial charge on any atom is 0.309 e. The van der Waals surface area contributed by atoms with Gasteiger partial charge < -0.3 is 10.6 Å². The molecule has 2 aromatic rings. The van der Waals surface area contributed by atoms with Crippen molar-refractivity contribution in [2.75, 3.05) is 13.1 Å². The normalized spacial score (nSPS) is 10.2. The maximum absolute atomic E-state index is 11.7. The van der Waals surface area contributed by atoms with Crippen molar-refractivity contribution >= 4 is 11.8 Å². The van der Waals surface area contributed by atoms with Gasteiger partial charge in [-0.05, 0) is 17.5 Å². The third-order valence-electron chi connectivity index (χ3n) is 3.74. The van der Waals surface area contributed by atoms with E-state index in [0.717, 1.165) is 0 Å². The highest BCUT2D eigenvalue weighted by molar-refractivity contribution is 6.35. The van der Waals surface area contributed by atoms with E-state index in [1.54, 1.807) is 0 Å². The first-order valence-electron chi connectivity index (χ1n) is 7.99. The van der Waals surface area contributed by atoms with Crippen LogP contribution in [0.1, 0.15) is 23.5 Å². The molecule has 24 heavy (non-hydrogen) atoms. The van der Waals surface area contributed by atoms with Crippen molar-refractivity contribution in [3.05, 3.63) is 84.4 Å². The molecule has 0 spiro atoms. The molecule has 0 aliphatic heterocycles. The third-order valence-corrected chi connectivity index (χ3v) is 3.74. The summed E-state index contributed by atoms with van der Waals surface area (Å²) in [6, 6.07) is 20.3. The summed E-state index contributed by atoms with van der Waals surface area (Å²) < 4.78 is 0. The second kappa shape index (κ2) is 9.30. The van der Waals surface area contributed by atoms with Gasteiger partial charge in [-0.25, -0.2) is 0 Å². The SMILES string of the molecule is C=CCNC(=O)C(=O)NCCC(c1ccccc1)c1ccccc1. The second-order valence-corrected chi connectivity index (χ2v) is 5.42. The van der Waals surface area contributed by atoms with Crippen molar-refractivity contribution in [3.63, 3.8) is 0 Å². The number of carbonyl (C=O) groups excluding carboxylic acids is 2. The van der Waals surface area contributed by atoms with Gasteiger partial charge in [-0.3, -0.25) is 9.59 Å². The Kier molecular flexibility index (Phi) is 6.77. The van der Waals surface area contributed by atoms with Gasteiger partial charge in [0.1, 0.15) is 0 Å². The molecule has 2 N–H and O–H groups in total. The molecule has 0 saturated carbocycles. The van der Waals surface area contributed by atoms with Gasteiger partial charge in [0.05, 0.1) is 0 Å². The summed E-state index contributed by atoms with van der Waals surface area (Å²) in [6.45, 7) is 4.20. The van der Waals surface area contributed by atoms with Crippen LogP contribution < -0.4 is 10.6 Å². The Morgan fingerprint density at radius 3 is 1.88 bits per heavy atom.